The maximum absolute atomic E-state index is 12.5. The van der Waals surface area contributed by atoms with Crippen molar-refractivity contribution in [2.24, 2.45) is 9.98 Å². The normalized spacial score (nSPS) is 20.6. The van der Waals surface area contributed by atoms with E-state index in [1.165, 1.54) is 31.5 Å². The van der Waals surface area contributed by atoms with Crippen LogP contribution in [0.4, 0.5) is 0 Å². The number of aromatic nitrogens is 1. The molecule has 0 spiro atoms. The quantitative estimate of drug-likeness (QED) is 0.334. The van der Waals surface area contributed by atoms with E-state index in [2.05, 4.69) is 26.9 Å². The molecule has 1 atom stereocenters. The van der Waals surface area contributed by atoms with Gasteiger partial charge in [0.25, 0.3) is 0 Å². The van der Waals surface area contributed by atoms with Gasteiger partial charge in [0, 0.05) is 41.7 Å². The first kappa shape index (κ1) is 21.5. The summed E-state index contributed by atoms with van der Waals surface area (Å²) in [5, 5.41) is 18.7. The van der Waals surface area contributed by atoms with Gasteiger partial charge in [0.05, 0.1) is 12.1 Å². The highest BCUT2D eigenvalue weighted by Crippen LogP contribution is 2.38. The summed E-state index contributed by atoms with van der Waals surface area (Å²) < 4.78 is 0. The van der Waals surface area contributed by atoms with Crippen molar-refractivity contribution >= 4 is 29.6 Å². The van der Waals surface area contributed by atoms with E-state index >= 15 is 0 Å². The molecular formula is C24H27N7O. The number of dihydropyridines is 1. The first-order valence-electron chi connectivity index (χ1n) is 10.8. The molecule has 0 bridgehead atoms. The number of amides is 1. The molecule has 2 heterocycles. The maximum Gasteiger partial charge on any atom is 0.249 e. The highest BCUT2D eigenvalue weighted by Gasteiger charge is 2.33. The number of pyridine rings is 1. The fraction of sp³-hybridized carbons (Fsp3) is 0.333. The number of aliphatic imine (C=N–C) groups is 2. The number of allylic oxidation sites excluding steroid dienone is 1. The number of hydrogen-bond donors (Lipinski definition) is 3. The van der Waals surface area contributed by atoms with Gasteiger partial charge in [0.1, 0.15) is 17.7 Å². The van der Waals surface area contributed by atoms with E-state index in [1.54, 1.807) is 23.2 Å². The summed E-state index contributed by atoms with van der Waals surface area (Å²) in [4.78, 5) is 27.4. The topological polar surface area (TPSA) is 118 Å². The molecule has 8 nitrogen and oxygen atoms in total. The van der Waals surface area contributed by atoms with Crippen molar-refractivity contribution in [1.29, 1.82) is 10.8 Å². The van der Waals surface area contributed by atoms with Gasteiger partial charge in [-0.25, -0.2) is 0 Å². The van der Waals surface area contributed by atoms with E-state index in [-0.39, 0.29) is 17.8 Å². The van der Waals surface area contributed by atoms with E-state index in [9.17, 15) is 4.79 Å². The summed E-state index contributed by atoms with van der Waals surface area (Å²) in [7, 11) is 0. The Hall–Kier alpha value is -3.68. The molecule has 1 amide bonds. The Labute approximate surface area is 187 Å². The number of rotatable bonds is 8. The third kappa shape index (κ3) is 5.32. The van der Waals surface area contributed by atoms with Gasteiger partial charge >= 0.3 is 0 Å². The van der Waals surface area contributed by atoms with Crippen LogP contribution in [0, 0.1) is 10.8 Å². The van der Waals surface area contributed by atoms with Gasteiger partial charge in [0.2, 0.25) is 5.91 Å². The first-order chi connectivity index (χ1) is 15.6. The van der Waals surface area contributed by atoms with Crippen molar-refractivity contribution in [3.63, 3.8) is 0 Å². The molecule has 8 heteroatoms. The number of nitrogens with one attached hydrogen (secondary N) is 3. The van der Waals surface area contributed by atoms with E-state index in [0.29, 0.717) is 23.9 Å². The van der Waals surface area contributed by atoms with Crippen LogP contribution < -0.4 is 5.32 Å². The standard InChI is InChI=1S/C24H27N7O/c1-2-27-20(17-8-11-19(28-14-17)16-6-7-16)12-13-23(32)30-22-5-3-4-21(29-22)24(26)31(15-25)18-9-10-18/h2-3,5,8,11-16,18,21,25-26H,1,4,6-7,9-10H2,(H,29,30,32)/b13-12+,25-15?,26-24?,27-20?. The van der Waals surface area contributed by atoms with E-state index in [4.69, 9.17) is 10.8 Å². The molecular weight excluding hydrogens is 402 g/mol. The molecule has 32 heavy (non-hydrogen) atoms. The van der Waals surface area contributed by atoms with Gasteiger partial charge in [-0.05, 0) is 56.4 Å². The Morgan fingerprint density at radius 2 is 2.06 bits per heavy atom. The minimum absolute atomic E-state index is 0.234. The number of hydrogen-bond acceptors (Lipinski definition) is 6. The average molecular weight is 430 g/mol. The molecule has 0 aromatic carbocycles. The van der Waals surface area contributed by atoms with Crippen LogP contribution in [0.2, 0.25) is 0 Å². The molecule has 1 aromatic heterocycles. The fourth-order valence-corrected chi connectivity index (χ4v) is 3.53. The molecule has 164 valence electrons. The van der Waals surface area contributed by atoms with Crippen molar-refractivity contribution in [3.05, 3.63) is 66.7 Å². The van der Waals surface area contributed by atoms with Crippen LogP contribution in [-0.4, -0.2) is 51.6 Å². The zero-order valence-electron chi connectivity index (χ0n) is 17.9. The number of carbonyl (C=O) groups is 1. The predicted octanol–water partition coefficient (Wildman–Crippen LogP) is 3.34. The Balaban J connectivity index is 1.39. The second-order valence-corrected chi connectivity index (χ2v) is 8.09. The van der Waals surface area contributed by atoms with Gasteiger partial charge in [-0.3, -0.25) is 30.6 Å². The van der Waals surface area contributed by atoms with Crippen LogP contribution in [0.25, 0.3) is 0 Å². The molecule has 1 aromatic rings. The molecule has 3 N–H and O–H groups in total. The lowest BCUT2D eigenvalue weighted by molar-refractivity contribution is -0.115. The third-order valence-electron chi connectivity index (χ3n) is 5.56. The fourth-order valence-electron chi connectivity index (χ4n) is 3.53. The molecule has 2 saturated carbocycles. The van der Waals surface area contributed by atoms with Crippen molar-refractivity contribution in [2.45, 2.75) is 50.1 Å². The van der Waals surface area contributed by atoms with Gasteiger partial charge in [0.15, 0.2) is 0 Å². The molecule has 2 fully saturated rings. The summed E-state index contributed by atoms with van der Waals surface area (Å²) in [5.74, 6) is 0.928. The van der Waals surface area contributed by atoms with E-state index in [1.807, 2.05) is 18.2 Å². The molecule has 2 aliphatic carbocycles. The summed E-state index contributed by atoms with van der Waals surface area (Å²) in [5.41, 5.74) is 2.50. The second kappa shape index (κ2) is 9.64. The Kier molecular flexibility index (Phi) is 6.49. The van der Waals surface area contributed by atoms with Crippen molar-refractivity contribution in [1.82, 2.24) is 15.2 Å². The summed E-state index contributed by atoms with van der Waals surface area (Å²) in [6.07, 6.45) is 16.0. The summed E-state index contributed by atoms with van der Waals surface area (Å²) in [6.45, 7) is 3.65. The van der Waals surface area contributed by atoms with Crippen LogP contribution in [0.3, 0.4) is 0 Å². The van der Waals surface area contributed by atoms with Crippen molar-refractivity contribution in [3.8, 4) is 0 Å². The molecule has 1 aliphatic heterocycles. The maximum atomic E-state index is 12.5. The van der Waals surface area contributed by atoms with Crippen molar-refractivity contribution < 1.29 is 4.79 Å². The van der Waals surface area contributed by atoms with Gasteiger partial charge < -0.3 is 10.2 Å². The zero-order chi connectivity index (χ0) is 22.5. The molecule has 0 saturated heterocycles. The third-order valence-corrected chi connectivity index (χ3v) is 5.56. The van der Waals surface area contributed by atoms with Crippen LogP contribution in [0.15, 0.2) is 65.4 Å². The van der Waals surface area contributed by atoms with Crippen LogP contribution in [0.5, 0.6) is 0 Å². The van der Waals surface area contributed by atoms with E-state index in [0.717, 1.165) is 24.1 Å². The summed E-state index contributed by atoms with van der Waals surface area (Å²) in [6, 6.07) is 3.80. The average Bonchev–Trinajstić information content (AvgIpc) is 3.71. The molecule has 3 aliphatic rings. The Morgan fingerprint density at radius 1 is 1.25 bits per heavy atom. The second-order valence-electron chi connectivity index (χ2n) is 8.09. The van der Waals surface area contributed by atoms with Crippen molar-refractivity contribution in [2.75, 3.05) is 0 Å². The van der Waals surface area contributed by atoms with Crippen LogP contribution in [-0.2, 0) is 4.79 Å². The highest BCUT2D eigenvalue weighted by molar-refractivity contribution is 6.14. The lowest BCUT2D eigenvalue weighted by atomic mass is 10.1. The lowest BCUT2D eigenvalue weighted by Gasteiger charge is -2.25. The largest absolute Gasteiger partial charge is 0.317 e. The number of carbonyl (C=O) groups excluding carboxylic acids is 1. The van der Waals surface area contributed by atoms with E-state index < -0.39 is 6.04 Å². The molecule has 1 unspecified atom stereocenters. The Morgan fingerprint density at radius 3 is 2.69 bits per heavy atom. The lowest BCUT2D eigenvalue weighted by Crippen LogP contribution is -2.40. The monoisotopic (exact) mass is 429 g/mol. The van der Waals surface area contributed by atoms with Gasteiger partial charge in [-0.2, -0.15) is 0 Å². The van der Waals surface area contributed by atoms with Crippen LogP contribution in [0.1, 0.15) is 49.3 Å². The first-order valence-corrected chi connectivity index (χ1v) is 10.8. The SMILES string of the molecule is C=CN=C(/C=C/C(=O)NC1=NC(C(=N)N(C=N)C2CC2)CC=C1)c1ccc(C2CC2)nc1. The van der Waals surface area contributed by atoms with Gasteiger partial charge in [-0.1, -0.05) is 12.7 Å². The Bertz CT molecular complexity index is 1030. The summed E-state index contributed by atoms with van der Waals surface area (Å²) >= 11 is 0. The molecule has 4 rings (SSSR count). The molecule has 0 radical (unpaired) electrons. The minimum Gasteiger partial charge on any atom is -0.317 e. The smallest absolute Gasteiger partial charge is 0.249 e. The highest BCUT2D eigenvalue weighted by atomic mass is 16.1. The van der Waals surface area contributed by atoms with Gasteiger partial charge in [-0.15, -0.1) is 0 Å². The number of amidine groups is 2. The number of nitrogens with zero attached hydrogens (tertiary/aromatic N) is 4. The predicted molar refractivity (Wildman–Crippen MR) is 127 cm³/mol. The van der Waals surface area contributed by atoms with Crippen LogP contribution >= 0.6 is 0 Å². The zero-order valence-corrected chi connectivity index (χ0v) is 17.9. The minimum atomic E-state index is -0.407.